The zero-order chi connectivity index (χ0) is 19.2. The molecule has 0 atom stereocenters. The van der Waals surface area contributed by atoms with Gasteiger partial charge in [-0.05, 0) is 38.3 Å². The molecule has 7 nitrogen and oxygen atoms in total. The Morgan fingerprint density at radius 3 is 2.70 bits per heavy atom. The first-order valence-electron chi connectivity index (χ1n) is 9.56. The fourth-order valence-electron chi connectivity index (χ4n) is 3.57. The second kappa shape index (κ2) is 8.88. The number of amides is 2. The van der Waals surface area contributed by atoms with E-state index in [9.17, 15) is 14.4 Å². The van der Waals surface area contributed by atoms with Crippen molar-refractivity contribution in [2.45, 2.75) is 32.6 Å². The molecule has 7 heteroatoms. The van der Waals surface area contributed by atoms with Gasteiger partial charge in [0.15, 0.2) is 6.61 Å². The molecule has 0 N–H and O–H groups in total. The number of hydrogen-bond acceptors (Lipinski definition) is 5. The summed E-state index contributed by atoms with van der Waals surface area (Å²) in [6, 6.07) is 7.44. The third-order valence-electron chi connectivity index (χ3n) is 5.05. The van der Waals surface area contributed by atoms with E-state index in [0.717, 1.165) is 5.69 Å². The predicted molar refractivity (Wildman–Crippen MR) is 99.5 cm³/mol. The van der Waals surface area contributed by atoms with Gasteiger partial charge < -0.3 is 19.3 Å². The fraction of sp³-hybridized carbons (Fsp3) is 0.550. The molecule has 2 aliphatic rings. The molecule has 1 aromatic carbocycles. The number of esters is 1. The number of ether oxygens (including phenoxy) is 2. The average molecular weight is 374 g/mol. The van der Waals surface area contributed by atoms with Crippen LogP contribution in [0.25, 0.3) is 0 Å². The predicted octanol–water partition coefficient (Wildman–Crippen LogP) is 1.99. The molecule has 2 amide bonds. The van der Waals surface area contributed by atoms with Crippen LogP contribution < -0.4 is 9.64 Å². The van der Waals surface area contributed by atoms with Crippen LogP contribution in [0.15, 0.2) is 24.3 Å². The van der Waals surface area contributed by atoms with Crippen LogP contribution in [0.1, 0.15) is 32.6 Å². The molecule has 1 fully saturated rings. The zero-order valence-electron chi connectivity index (χ0n) is 15.7. The normalized spacial score (nSPS) is 17.3. The maximum absolute atomic E-state index is 12.5. The van der Waals surface area contributed by atoms with E-state index in [2.05, 4.69) is 0 Å². The number of para-hydroxylation sites is 2. The van der Waals surface area contributed by atoms with Gasteiger partial charge in [-0.3, -0.25) is 14.4 Å². The van der Waals surface area contributed by atoms with Crippen LogP contribution >= 0.6 is 0 Å². The van der Waals surface area contributed by atoms with Crippen molar-refractivity contribution in [1.29, 1.82) is 0 Å². The first kappa shape index (κ1) is 19.2. The van der Waals surface area contributed by atoms with E-state index in [0.29, 0.717) is 57.7 Å². The molecule has 1 saturated heterocycles. The van der Waals surface area contributed by atoms with Crippen LogP contribution in [0.5, 0.6) is 5.75 Å². The molecule has 2 aliphatic heterocycles. The molecule has 0 aliphatic carbocycles. The standard InChI is InChI=1S/C20H26N2O5/c1-2-26-20(25)15-9-12-21(13-10-15)18(23)8-5-11-22-16-6-3-4-7-17(16)27-14-19(22)24/h3-4,6-7,15H,2,5,8-14H2,1H3. The SMILES string of the molecule is CCOC(=O)C1CCN(C(=O)CCCN2C(=O)COc3ccccc32)CC1. The number of anilines is 1. The van der Waals surface area contributed by atoms with Crippen LogP contribution in [0.3, 0.4) is 0 Å². The largest absolute Gasteiger partial charge is 0.482 e. The second-order valence-electron chi connectivity index (χ2n) is 6.81. The van der Waals surface area contributed by atoms with E-state index in [4.69, 9.17) is 9.47 Å². The number of benzene rings is 1. The number of rotatable bonds is 6. The molecular formula is C20H26N2O5. The molecule has 0 unspecified atom stereocenters. The first-order chi connectivity index (χ1) is 13.1. The zero-order valence-corrected chi connectivity index (χ0v) is 15.7. The summed E-state index contributed by atoms with van der Waals surface area (Å²) < 4.78 is 10.5. The Kier molecular flexibility index (Phi) is 6.32. The Morgan fingerprint density at radius 2 is 1.96 bits per heavy atom. The molecule has 27 heavy (non-hydrogen) atoms. The van der Waals surface area contributed by atoms with Crippen molar-refractivity contribution < 1.29 is 23.9 Å². The minimum absolute atomic E-state index is 0.0341. The van der Waals surface area contributed by atoms with Gasteiger partial charge in [0, 0.05) is 26.1 Å². The van der Waals surface area contributed by atoms with Gasteiger partial charge in [0.25, 0.3) is 5.91 Å². The molecule has 1 aromatic rings. The Morgan fingerprint density at radius 1 is 1.22 bits per heavy atom. The van der Waals surface area contributed by atoms with Crippen molar-refractivity contribution in [3.63, 3.8) is 0 Å². The lowest BCUT2D eigenvalue weighted by molar-refractivity contribution is -0.151. The van der Waals surface area contributed by atoms with Crippen molar-refractivity contribution in [1.82, 2.24) is 4.90 Å². The monoisotopic (exact) mass is 374 g/mol. The summed E-state index contributed by atoms with van der Waals surface area (Å²) in [5.74, 6) is 0.428. The summed E-state index contributed by atoms with van der Waals surface area (Å²) in [5, 5.41) is 0. The summed E-state index contributed by atoms with van der Waals surface area (Å²) in [7, 11) is 0. The minimum atomic E-state index is -0.158. The maximum Gasteiger partial charge on any atom is 0.309 e. The lowest BCUT2D eigenvalue weighted by Gasteiger charge is -2.32. The van der Waals surface area contributed by atoms with E-state index >= 15 is 0 Å². The van der Waals surface area contributed by atoms with E-state index in [1.54, 1.807) is 11.8 Å². The van der Waals surface area contributed by atoms with Crippen LogP contribution in [-0.4, -0.2) is 55.5 Å². The quantitative estimate of drug-likeness (QED) is 0.712. The topological polar surface area (TPSA) is 76.2 Å². The van der Waals surface area contributed by atoms with Crippen LogP contribution in [0.2, 0.25) is 0 Å². The lowest BCUT2D eigenvalue weighted by Crippen LogP contribution is -2.42. The van der Waals surface area contributed by atoms with Crippen LogP contribution in [-0.2, 0) is 19.1 Å². The van der Waals surface area contributed by atoms with Crippen molar-refractivity contribution in [3.8, 4) is 5.75 Å². The van der Waals surface area contributed by atoms with E-state index in [1.165, 1.54) is 0 Å². The Labute approximate surface area is 159 Å². The molecule has 146 valence electrons. The number of likely N-dealkylation sites (tertiary alicyclic amines) is 1. The van der Waals surface area contributed by atoms with Gasteiger partial charge in [-0.25, -0.2) is 0 Å². The summed E-state index contributed by atoms with van der Waals surface area (Å²) in [5.41, 5.74) is 0.761. The second-order valence-corrected chi connectivity index (χ2v) is 6.81. The van der Waals surface area contributed by atoms with E-state index in [-0.39, 0.29) is 30.3 Å². The Balaban J connectivity index is 1.45. The molecular weight excluding hydrogens is 348 g/mol. The first-order valence-corrected chi connectivity index (χ1v) is 9.56. The molecule has 0 spiro atoms. The summed E-state index contributed by atoms with van der Waals surface area (Å²) >= 11 is 0. The maximum atomic E-state index is 12.5. The van der Waals surface area contributed by atoms with Gasteiger partial charge in [0.1, 0.15) is 5.75 Å². The third-order valence-corrected chi connectivity index (χ3v) is 5.05. The van der Waals surface area contributed by atoms with Gasteiger partial charge in [0.2, 0.25) is 5.91 Å². The van der Waals surface area contributed by atoms with Crippen molar-refractivity contribution in [3.05, 3.63) is 24.3 Å². The highest BCUT2D eigenvalue weighted by Crippen LogP contribution is 2.31. The highest BCUT2D eigenvalue weighted by atomic mass is 16.5. The van der Waals surface area contributed by atoms with Crippen LogP contribution in [0.4, 0.5) is 5.69 Å². The van der Waals surface area contributed by atoms with Gasteiger partial charge >= 0.3 is 5.97 Å². The number of carbonyl (C=O) groups excluding carboxylic acids is 3. The van der Waals surface area contributed by atoms with Crippen molar-refractivity contribution in [2.75, 3.05) is 37.7 Å². The van der Waals surface area contributed by atoms with Gasteiger partial charge in [-0.15, -0.1) is 0 Å². The minimum Gasteiger partial charge on any atom is -0.482 e. The number of nitrogens with zero attached hydrogens (tertiary/aromatic N) is 2. The van der Waals surface area contributed by atoms with Crippen molar-refractivity contribution in [2.24, 2.45) is 5.92 Å². The number of piperidine rings is 1. The number of carbonyl (C=O) groups is 3. The highest BCUT2D eigenvalue weighted by Gasteiger charge is 2.29. The number of hydrogen-bond donors (Lipinski definition) is 0. The van der Waals surface area contributed by atoms with E-state index in [1.807, 2.05) is 29.2 Å². The average Bonchev–Trinajstić information content (AvgIpc) is 2.70. The summed E-state index contributed by atoms with van der Waals surface area (Å²) in [6.07, 6.45) is 2.29. The molecule has 0 aromatic heterocycles. The van der Waals surface area contributed by atoms with Gasteiger partial charge in [-0.2, -0.15) is 0 Å². The van der Waals surface area contributed by atoms with E-state index < -0.39 is 0 Å². The highest BCUT2D eigenvalue weighted by molar-refractivity contribution is 5.97. The van der Waals surface area contributed by atoms with Crippen molar-refractivity contribution >= 4 is 23.5 Å². The fourth-order valence-corrected chi connectivity index (χ4v) is 3.57. The molecule has 0 bridgehead atoms. The Bertz CT molecular complexity index is 697. The lowest BCUT2D eigenvalue weighted by atomic mass is 9.96. The molecule has 0 saturated carbocycles. The molecule has 3 rings (SSSR count). The van der Waals surface area contributed by atoms with Gasteiger partial charge in [0.05, 0.1) is 18.2 Å². The third kappa shape index (κ3) is 4.59. The summed E-state index contributed by atoms with van der Waals surface area (Å²) in [6.45, 7) is 3.88. The van der Waals surface area contributed by atoms with Gasteiger partial charge in [-0.1, -0.05) is 12.1 Å². The molecule has 0 radical (unpaired) electrons. The Hall–Kier alpha value is -2.57. The smallest absolute Gasteiger partial charge is 0.309 e. The number of fused-ring (bicyclic) bond motifs is 1. The summed E-state index contributed by atoms with van der Waals surface area (Å²) in [4.78, 5) is 39.9. The van der Waals surface area contributed by atoms with Crippen LogP contribution in [0, 0.1) is 5.92 Å². The molecule has 2 heterocycles.